The maximum absolute atomic E-state index is 5.21. The van der Waals surface area contributed by atoms with Gasteiger partial charge in [0.2, 0.25) is 0 Å². The fraction of sp³-hybridized carbons (Fsp3) is 0.600. The molecule has 1 N–H and O–H groups in total. The summed E-state index contributed by atoms with van der Waals surface area (Å²) >= 11 is 0. The fourth-order valence-electron chi connectivity index (χ4n) is 1.96. The van der Waals surface area contributed by atoms with Gasteiger partial charge in [-0.25, -0.2) is 0 Å². The Kier molecular flexibility index (Phi) is 4.72. The Morgan fingerprint density at radius 1 is 1.06 bits per heavy atom. The molecule has 0 saturated heterocycles. The molecule has 17 heavy (non-hydrogen) atoms. The van der Waals surface area contributed by atoms with E-state index in [-0.39, 0.29) is 5.54 Å². The zero-order chi connectivity index (χ0) is 13.1. The van der Waals surface area contributed by atoms with Crippen LogP contribution in [0.25, 0.3) is 0 Å². The van der Waals surface area contributed by atoms with Gasteiger partial charge in [-0.05, 0) is 56.9 Å². The van der Waals surface area contributed by atoms with E-state index in [1.807, 2.05) is 0 Å². The summed E-state index contributed by atoms with van der Waals surface area (Å²) in [4.78, 5) is 0. The lowest BCUT2D eigenvalue weighted by molar-refractivity contribution is 0.127. The van der Waals surface area contributed by atoms with E-state index in [0.29, 0.717) is 0 Å². The summed E-state index contributed by atoms with van der Waals surface area (Å²) in [6, 6.07) is 4.54. The number of hydrogen-bond donors (Lipinski definition) is 1. The van der Waals surface area contributed by atoms with Crippen molar-refractivity contribution in [3.8, 4) is 0 Å². The number of aryl methyl sites for hydroxylation is 3. The van der Waals surface area contributed by atoms with Crippen LogP contribution in [0.4, 0.5) is 0 Å². The van der Waals surface area contributed by atoms with Crippen molar-refractivity contribution in [3.05, 3.63) is 34.4 Å². The van der Waals surface area contributed by atoms with Crippen molar-refractivity contribution in [1.82, 2.24) is 5.32 Å². The largest absolute Gasteiger partial charge is 0.383 e. The molecule has 2 nitrogen and oxygen atoms in total. The van der Waals surface area contributed by atoms with Crippen LogP contribution in [0.15, 0.2) is 12.1 Å². The smallest absolute Gasteiger partial charge is 0.0639 e. The van der Waals surface area contributed by atoms with Gasteiger partial charge in [-0.15, -0.1) is 0 Å². The average Bonchev–Trinajstić information content (AvgIpc) is 2.21. The molecule has 0 aliphatic heterocycles. The molecule has 0 aliphatic carbocycles. The lowest BCUT2D eigenvalue weighted by Crippen LogP contribution is -2.42. The minimum atomic E-state index is 0.0139. The van der Waals surface area contributed by atoms with E-state index < -0.39 is 0 Å². The number of hydrogen-bond acceptors (Lipinski definition) is 2. The van der Waals surface area contributed by atoms with Gasteiger partial charge in [0.1, 0.15) is 0 Å². The van der Waals surface area contributed by atoms with Crippen LogP contribution in [-0.2, 0) is 11.3 Å². The van der Waals surface area contributed by atoms with E-state index in [0.717, 1.165) is 13.2 Å². The van der Waals surface area contributed by atoms with Crippen molar-refractivity contribution < 1.29 is 4.74 Å². The van der Waals surface area contributed by atoms with Crippen LogP contribution in [0.5, 0.6) is 0 Å². The molecule has 0 spiro atoms. The van der Waals surface area contributed by atoms with Crippen LogP contribution in [0.3, 0.4) is 0 Å². The molecule has 0 radical (unpaired) electrons. The van der Waals surface area contributed by atoms with E-state index in [1.165, 1.54) is 22.3 Å². The molecule has 0 bridgehead atoms. The Morgan fingerprint density at radius 3 is 2.24 bits per heavy atom. The van der Waals surface area contributed by atoms with E-state index in [1.54, 1.807) is 7.11 Å². The number of ether oxygens (including phenoxy) is 1. The van der Waals surface area contributed by atoms with E-state index >= 15 is 0 Å². The molecule has 0 aliphatic rings. The molecule has 0 heterocycles. The highest BCUT2D eigenvalue weighted by atomic mass is 16.5. The predicted molar refractivity (Wildman–Crippen MR) is 73.4 cm³/mol. The van der Waals surface area contributed by atoms with Gasteiger partial charge in [-0.3, -0.25) is 0 Å². The maximum atomic E-state index is 5.21. The Hall–Kier alpha value is -0.860. The van der Waals surface area contributed by atoms with Gasteiger partial charge >= 0.3 is 0 Å². The molecule has 0 amide bonds. The van der Waals surface area contributed by atoms with Gasteiger partial charge in [0.05, 0.1) is 6.61 Å². The molecule has 0 unspecified atom stereocenters. The molecule has 0 fully saturated rings. The van der Waals surface area contributed by atoms with E-state index in [4.69, 9.17) is 4.74 Å². The molecule has 1 aromatic rings. The molecule has 96 valence electrons. The minimum Gasteiger partial charge on any atom is -0.383 e. The standard InChI is InChI=1S/C15H25NO/c1-11-7-13(3)14(8-12(11)2)9-16-15(4,5)10-17-6/h7-8,16H,9-10H2,1-6H3. The van der Waals surface area contributed by atoms with Crippen LogP contribution in [0.1, 0.15) is 36.1 Å². The summed E-state index contributed by atoms with van der Waals surface area (Å²) in [6.07, 6.45) is 0. The number of nitrogens with one attached hydrogen (secondary N) is 1. The summed E-state index contributed by atoms with van der Waals surface area (Å²) in [6.45, 7) is 12.4. The minimum absolute atomic E-state index is 0.0139. The summed E-state index contributed by atoms with van der Waals surface area (Å²) in [5.74, 6) is 0. The average molecular weight is 235 g/mol. The number of methoxy groups -OCH3 is 1. The highest BCUT2D eigenvalue weighted by Gasteiger charge is 2.16. The third kappa shape index (κ3) is 4.14. The summed E-state index contributed by atoms with van der Waals surface area (Å²) in [5, 5.41) is 3.54. The third-order valence-electron chi connectivity index (χ3n) is 3.21. The van der Waals surface area contributed by atoms with Gasteiger partial charge in [0.15, 0.2) is 0 Å². The summed E-state index contributed by atoms with van der Waals surface area (Å²) in [7, 11) is 1.74. The Bertz CT molecular complexity index is 383. The zero-order valence-corrected chi connectivity index (χ0v) is 12.0. The highest BCUT2D eigenvalue weighted by molar-refractivity contribution is 5.36. The normalized spacial score (nSPS) is 11.9. The first-order valence-electron chi connectivity index (χ1n) is 6.16. The van der Waals surface area contributed by atoms with Gasteiger partial charge in [-0.1, -0.05) is 12.1 Å². The van der Waals surface area contributed by atoms with Crippen molar-refractivity contribution in [2.75, 3.05) is 13.7 Å². The Balaban J connectivity index is 2.73. The van der Waals surface area contributed by atoms with Crippen LogP contribution in [0, 0.1) is 20.8 Å². The van der Waals surface area contributed by atoms with Crippen molar-refractivity contribution in [2.24, 2.45) is 0 Å². The second-order valence-corrected chi connectivity index (χ2v) is 5.53. The third-order valence-corrected chi connectivity index (χ3v) is 3.21. The molecular weight excluding hydrogens is 210 g/mol. The fourth-order valence-corrected chi connectivity index (χ4v) is 1.96. The quantitative estimate of drug-likeness (QED) is 0.846. The zero-order valence-electron chi connectivity index (χ0n) is 12.0. The maximum Gasteiger partial charge on any atom is 0.0639 e. The Labute approximate surface area is 105 Å². The second-order valence-electron chi connectivity index (χ2n) is 5.53. The molecule has 0 aromatic heterocycles. The summed E-state index contributed by atoms with van der Waals surface area (Å²) in [5.41, 5.74) is 5.46. The van der Waals surface area contributed by atoms with Crippen molar-refractivity contribution in [3.63, 3.8) is 0 Å². The SMILES string of the molecule is COCC(C)(C)NCc1cc(C)c(C)cc1C. The van der Waals surface area contributed by atoms with Crippen LogP contribution in [0.2, 0.25) is 0 Å². The second kappa shape index (κ2) is 5.65. The topological polar surface area (TPSA) is 21.3 Å². The molecular formula is C15H25NO. The van der Waals surface area contributed by atoms with E-state index in [9.17, 15) is 0 Å². The molecule has 0 saturated carbocycles. The first-order valence-corrected chi connectivity index (χ1v) is 6.16. The number of rotatable bonds is 5. The van der Waals surface area contributed by atoms with Crippen LogP contribution >= 0.6 is 0 Å². The van der Waals surface area contributed by atoms with Gasteiger partial charge < -0.3 is 10.1 Å². The van der Waals surface area contributed by atoms with Crippen molar-refractivity contribution in [1.29, 1.82) is 0 Å². The number of benzene rings is 1. The van der Waals surface area contributed by atoms with Gasteiger partial charge in [0, 0.05) is 19.2 Å². The molecule has 1 aromatic carbocycles. The first kappa shape index (κ1) is 14.2. The van der Waals surface area contributed by atoms with Crippen LogP contribution in [-0.4, -0.2) is 19.3 Å². The molecule has 0 atom stereocenters. The highest BCUT2D eigenvalue weighted by Crippen LogP contribution is 2.16. The van der Waals surface area contributed by atoms with Gasteiger partial charge in [-0.2, -0.15) is 0 Å². The van der Waals surface area contributed by atoms with Crippen molar-refractivity contribution in [2.45, 2.75) is 46.7 Å². The first-order chi connectivity index (χ1) is 7.85. The predicted octanol–water partition coefficient (Wildman–Crippen LogP) is 3.13. The van der Waals surface area contributed by atoms with Crippen LogP contribution < -0.4 is 5.32 Å². The Morgan fingerprint density at radius 2 is 1.65 bits per heavy atom. The molecule has 1 rings (SSSR count). The van der Waals surface area contributed by atoms with E-state index in [2.05, 4.69) is 52.1 Å². The monoisotopic (exact) mass is 235 g/mol. The lowest BCUT2D eigenvalue weighted by atomic mass is 9.99. The van der Waals surface area contributed by atoms with Crippen molar-refractivity contribution >= 4 is 0 Å². The van der Waals surface area contributed by atoms with Gasteiger partial charge in [0.25, 0.3) is 0 Å². The lowest BCUT2D eigenvalue weighted by Gasteiger charge is -2.26. The summed E-state index contributed by atoms with van der Waals surface area (Å²) < 4.78 is 5.21. The molecule has 2 heteroatoms.